The molecule has 2 rings (SSSR count). The van der Waals surface area contributed by atoms with Crippen molar-refractivity contribution in [2.24, 2.45) is 0 Å². The van der Waals surface area contributed by atoms with E-state index in [0.717, 1.165) is 16.4 Å². The molecule has 4 nitrogen and oxygen atoms in total. The highest BCUT2D eigenvalue weighted by Gasteiger charge is 2.18. The summed E-state index contributed by atoms with van der Waals surface area (Å²) in [4.78, 5) is 0.259. The molecule has 23 heavy (non-hydrogen) atoms. The lowest BCUT2D eigenvalue weighted by Crippen LogP contribution is -2.33. The van der Waals surface area contributed by atoms with E-state index < -0.39 is 10.0 Å². The van der Waals surface area contributed by atoms with Crippen LogP contribution in [0.25, 0.3) is 0 Å². The van der Waals surface area contributed by atoms with E-state index in [0.29, 0.717) is 5.75 Å². The number of halogens is 1. The van der Waals surface area contributed by atoms with Crippen LogP contribution in [0.3, 0.4) is 0 Å². The summed E-state index contributed by atoms with van der Waals surface area (Å²) in [5.41, 5.74) is 1.21. The van der Waals surface area contributed by atoms with Gasteiger partial charge in [-0.25, -0.2) is 13.1 Å². The van der Waals surface area contributed by atoms with Crippen molar-refractivity contribution >= 4 is 32.6 Å². The van der Waals surface area contributed by atoms with Crippen molar-refractivity contribution in [3.8, 4) is 5.75 Å². The standard InChI is InChI=1S/C17H20INO3S/c1-13(8-9-14-6-4-3-5-7-14)19-23(20,21)15-10-11-17(22-2)16(18)12-15/h3-7,10-13,19H,8-9H2,1-2H3/t13-/m1/s1. The van der Waals surface area contributed by atoms with Crippen LogP contribution < -0.4 is 9.46 Å². The number of nitrogens with one attached hydrogen (secondary N) is 1. The van der Waals surface area contributed by atoms with Gasteiger partial charge in [-0.05, 0) is 66.1 Å². The first-order chi connectivity index (χ1) is 10.9. The van der Waals surface area contributed by atoms with Crippen LogP contribution in [0, 0.1) is 3.57 Å². The summed E-state index contributed by atoms with van der Waals surface area (Å²) in [6.45, 7) is 1.88. The molecule has 1 atom stereocenters. The van der Waals surface area contributed by atoms with Gasteiger partial charge in [-0.3, -0.25) is 0 Å². The Kier molecular flexibility index (Phi) is 6.43. The first-order valence-corrected chi connectivity index (χ1v) is 9.88. The van der Waals surface area contributed by atoms with Crippen molar-refractivity contribution in [1.29, 1.82) is 0 Å². The predicted octanol–water partition coefficient (Wildman–Crippen LogP) is 3.60. The Labute approximate surface area is 151 Å². The van der Waals surface area contributed by atoms with Gasteiger partial charge < -0.3 is 4.74 Å². The lowest BCUT2D eigenvalue weighted by Gasteiger charge is -2.15. The van der Waals surface area contributed by atoms with Crippen LogP contribution in [0.2, 0.25) is 0 Å². The van der Waals surface area contributed by atoms with Gasteiger partial charge in [0.1, 0.15) is 5.75 Å². The lowest BCUT2D eigenvalue weighted by molar-refractivity contribution is 0.411. The Morgan fingerprint density at radius 3 is 2.48 bits per heavy atom. The number of hydrogen-bond donors (Lipinski definition) is 1. The molecule has 0 radical (unpaired) electrons. The molecule has 2 aromatic rings. The number of rotatable bonds is 7. The summed E-state index contributed by atoms with van der Waals surface area (Å²) in [7, 11) is -1.96. The highest BCUT2D eigenvalue weighted by molar-refractivity contribution is 14.1. The maximum absolute atomic E-state index is 12.5. The topological polar surface area (TPSA) is 55.4 Å². The van der Waals surface area contributed by atoms with E-state index in [2.05, 4.69) is 27.3 Å². The third kappa shape index (κ3) is 5.19. The summed E-state index contributed by atoms with van der Waals surface area (Å²) >= 11 is 2.07. The second-order valence-corrected chi connectivity index (χ2v) is 8.22. The van der Waals surface area contributed by atoms with Crippen LogP contribution in [0.15, 0.2) is 53.4 Å². The fourth-order valence-corrected chi connectivity index (χ4v) is 4.48. The second-order valence-electron chi connectivity index (χ2n) is 5.34. The van der Waals surface area contributed by atoms with Crippen LogP contribution >= 0.6 is 22.6 Å². The number of aryl methyl sites for hydroxylation is 1. The van der Waals surface area contributed by atoms with Crippen LogP contribution in [-0.4, -0.2) is 21.6 Å². The number of methoxy groups -OCH3 is 1. The van der Waals surface area contributed by atoms with Gasteiger partial charge in [0.25, 0.3) is 0 Å². The van der Waals surface area contributed by atoms with Crippen molar-refractivity contribution in [1.82, 2.24) is 4.72 Å². The van der Waals surface area contributed by atoms with Gasteiger partial charge in [-0.15, -0.1) is 0 Å². The Hall–Kier alpha value is -1.12. The number of ether oxygens (including phenoxy) is 1. The van der Waals surface area contributed by atoms with Crippen LogP contribution in [0.1, 0.15) is 18.9 Å². The number of sulfonamides is 1. The highest BCUT2D eigenvalue weighted by Crippen LogP contribution is 2.24. The summed E-state index contributed by atoms with van der Waals surface area (Å²) in [5.74, 6) is 0.668. The molecule has 0 amide bonds. The van der Waals surface area contributed by atoms with Crippen LogP contribution in [-0.2, 0) is 16.4 Å². The maximum atomic E-state index is 12.5. The Balaban J connectivity index is 2.01. The molecule has 0 saturated carbocycles. The Bertz CT molecular complexity index is 748. The molecule has 124 valence electrons. The Morgan fingerprint density at radius 2 is 1.87 bits per heavy atom. The average Bonchev–Trinajstić information content (AvgIpc) is 2.53. The maximum Gasteiger partial charge on any atom is 0.240 e. The molecule has 2 aromatic carbocycles. The zero-order chi connectivity index (χ0) is 16.9. The molecular weight excluding hydrogens is 425 g/mol. The minimum atomic E-state index is -3.52. The fraction of sp³-hybridized carbons (Fsp3) is 0.294. The quantitative estimate of drug-likeness (QED) is 0.663. The smallest absolute Gasteiger partial charge is 0.240 e. The molecule has 0 fully saturated rings. The molecule has 0 heterocycles. The first-order valence-electron chi connectivity index (χ1n) is 7.32. The van der Waals surface area contributed by atoms with Gasteiger partial charge in [0.05, 0.1) is 15.6 Å². The van der Waals surface area contributed by atoms with E-state index in [1.807, 2.05) is 37.3 Å². The average molecular weight is 445 g/mol. The van der Waals surface area contributed by atoms with Crippen LogP contribution in [0.4, 0.5) is 0 Å². The number of benzene rings is 2. The zero-order valence-electron chi connectivity index (χ0n) is 13.1. The molecule has 6 heteroatoms. The van der Waals surface area contributed by atoms with Crippen molar-refractivity contribution < 1.29 is 13.2 Å². The van der Waals surface area contributed by atoms with E-state index in [4.69, 9.17) is 4.74 Å². The largest absolute Gasteiger partial charge is 0.496 e. The minimum Gasteiger partial charge on any atom is -0.496 e. The fourth-order valence-electron chi connectivity index (χ4n) is 2.23. The molecule has 0 aliphatic carbocycles. The molecular formula is C17H20INO3S. The van der Waals surface area contributed by atoms with Crippen molar-refractivity contribution in [3.63, 3.8) is 0 Å². The van der Waals surface area contributed by atoms with E-state index >= 15 is 0 Å². The molecule has 0 aliphatic heterocycles. The van der Waals surface area contributed by atoms with Gasteiger partial charge in [0, 0.05) is 6.04 Å². The number of hydrogen-bond acceptors (Lipinski definition) is 3. The molecule has 0 aromatic heterocycles. The normalized spacial score (nSPS) is 12.8. The molecule has 0 spiro atoms. The predicted molar refractivity (Wildman–Crippen MR) is 100 cm³/mol. The molecule has 0 saturated heterocycles. The third-order valence-electron chi connectivity index (χ3n) is 3.50. The Morgan fingerprint density at radius 1 is 1.17 bits per heavy atom. The summed E-state index contributed by atoms with van der Waals surface area (Å²) in [6.07, 6.45) is 1.58. The first kappa shape index (κ1) is 18.2. The van der Waals surface area contributed by atoms with Gasteiger partial charge in [-0.1, -0.05) is 30.3 Å². The summed E-state index contributed by atoms with van der Waals surface area (Å²) in [6, 6.07) is 14.8. The third-order valence-corrected chi connectivity index (χ3v) is 5.93. The van der Waals surface area contributed by atoms with Crippen molar-refractivity contribution in [3.05, 3.63) is 57.7 Å². The van der Waals surface area contributed by atoms with Gasteiger partial charge >= 0.3 is 0 Å². The molecule has 1 N–H and O–H groups in total. The van der Waals surface area contributed by atoms with Crippen LogP contribution in [0.5, 0.6) is 5.75 Å². The molecule has 0 unspecified atom stereocenters. The van der Waals surface area contributed by atoms with Gasteiger partial charge in [0.2, 0.25) is 10.0 Å². The monoisotopic (exact) mass is 445 g/mol. The highest BCUT2D eigenvalue weighted by atomic mass is 127. The lowest BCUT2D eigenvalue weighted by atomic mass is 10.1. The van der Waals surface area contributed by atoms with Gasteiger partial charge in [-0.2, -0.15) is 0 Å². The minimum absolute atomic E-state index is 0.139. The SMILES string of the molecule is COc1ccc(S(=O)(=O)N[C@H](C)CCc2ccccc2)cc1I. The van der Waals surface area contributed by atoms with Gasteiger partial charge in [0.15, 0.2) is 0 Å². The van der Waals surface area contributed by atoms with Crippen molar-refractivity contribution in [2.45, 2.75) is 30.7 Å². The second kappa shape index (κ2) is 8.12. The van der Waals surface area contributed by atoms with E-state index in [1.165, 1.54) is 5.56 Å². The van der Waals surface area contributed by atoms with Crippen molar-refractivity contribution in [2.75, 3.05) is 7.11 Å². The van der Waals surface area contributed by atoms with E-state index in [9.17, 15) is 8.42 Å². The summed E-state index contributed by atoms with van der Waals surface area (Å²) in [5, 5.41) is 0. The van der Waals surface area contributed by atoms with E-state index in [-0.39, 0.29) is 10.9 Å². The van der Waals surface area contributed by atoms with E-state index in [1.54, 1.807) is 25.3 Å². The molecule has 0 aliphatic rings. The summed E-state index contributed by atoms with van der Waals surface area (Å²) < 4.78 is 33.6. The molecule has 0 bridgehead atoms. The zero-order valence-corrected chi connectivity index (χ0v) is 16.1.